The maximum absolute atomic E-state index is 13.0. The van der Waals surface area contributed by atoms with Crippen LogP contribution in [0.4, 0.5) is 4.39 Å². The van der Waals surface area contributed by atoms with E-state index >= 15 is 0 Å². The Hall–Kier alpha value is -1.42. The fourth-order valence-corrected chi connectivity index (χ4v) is 4.15. The molecule has 0 radical (unpaired) electrons. The Morgan fingerprint density at radius 3 is 2.64 bits per heavy atom. The summed E-state index contributed by atoms with van der Waals surface area (Å²) >= 11 is 0. The van der Waals surface area contributed by atoms with Gasteiger partial charge in [-0.05, 0) is 56.8 Å². The summed E-state index contributed by atoms with van der Waals surface area (Å²) in [5.74, 6) is 0.149. The summed E-state index contributed by atoms with van der Waals surface area (Å²) in [6, 6.07) is 6.80. The number of benzene rings is 1. The molecule has 4 heteroatoms. The van der Waals surface area contributed by atoms with E-state index < -0.39 is 0 Å². The van der Waals surface area contributed by atoms with E-state index in [1.165, 1.54) is 12.1 Å². The van der Waals surface area contributed by atoms with Gasteiger partial charge in [-0.25, -0.2) is 4.39 Å². The minimum atomic E-state index is -0.179. The minimum Gasteiger partial charge on any atom is -0.337 e. The Balaban J connectivity index is 1.65. The Bertz CT molecular complexity index is 530. The van der Waals surface area contributed by atoms with Gasteiger partial charge in [0.25, 0.3) is 0 Å². The summed E-state index contributed by atoms with van der Waals surface area (Å²) in [5, 5.41) is 0. The molecule has 1 spiro atoms. The van der Waals surface area contributed by atoms with Gasteiger partial charge in [-0.2, -0.15) is 0 Å². The summed E-state index contributed by atoms with van der Waals surface area (Å²) < 4.78 is 13.0. The van der Waals surface area contributed by atoms with Crippen molar-refractivity contribution in [2.24, 2.45) is 0 Å². The molecule has 2 fully saturated rings. The molecule has 120 valence electrons. The first-order valence-electron chi connectivity index (χ1n) is 8.40. The minimum absolute atomic E-state index is 0.101. The lowest BCUT2D eigenvalue weighted by Crippen LogP contribution is -2.46. The van der Waals surface area contributed by atoms with E-state index in [2.05, 4.69) is 16.7 Å². The van der Waals surface area contributed by atoms with Gasteiger partial charge in [0.05, 0.1) is 0 Å². The van der Waals surface area contributed by atoms with Crippen LogP contribution in [0.15, 0.2) is 24.3 Å². The van der Waals surface area contributed by atoms with Crippen molar-refractivity contribution in [2.75, 3.05) is 19.6 Å². The Morgan fingerprint density at radius 2 is 1.91 bits per heavy atom. The van der Waals surface area contributed by atoms with Gasteiger partial charge < -0.3 is 4.90 Å². The molecule has 2 aliphatic rings. The molecule has 2 saturated heterocycles. The largest absolute Gasteiger partial charge is 0.337 e. The molecule has 0 saturated carbocycles. The van der Waals surface area contributed by atoms with Gasteiger partial charge in [0.15, 0.2) is 0 Å². The van der Waals surface area contributed by atoms with Crippen molar-refractivity contribution >= 4 is 5.91 Å². The van der Waals surface area contributed by atoms with E-state index in [4.69, 9.17) is 0 Å². The van der Waals surface area contributed by atoms with Gasteiger partial charge in [-0.15, -0.1) is 0 Å². The molecule has 22 heavy (non-hydrogen) atoms. The van der Waals surface area contributed by atoms with Crippen LogP contribution in [0.5, 0.6) is 0 Å². The van der Waals surface area contributed by atoms with Gasteiger partial charge in [-0.3, -0.25) is 9.69 Å². The third-order valence-electron chi connectivity index (χ3n) is 5.32. The first-order valence-corrected chi connectivity index (χ1v) is 8.40. The fourth-order valence-electron chi connectivity index (χ4n) is 4.15. The van der Waals surface area contributed by atoms with Crippen LogP contribution in [0, 0.1) is 5.82 Å². The Labute approximate surface area is 132 Å². The van der Waals surface area contributed by atoms with Crippen LogP contribution in [0.3, 0.4) is 0 Å². The van der Waals surface area contributed by atoms with Crippen LogP contribution in [0.1, 0.15) is 44.6 Å². The normalized spacial score (nSPS) is 26.6. The molecular weight excluding hydrogens is 279 g/mol. The lowest BCUT2D eigenvalue weighted by Gasteiger charge is -2.37. The maximum Gasteiger partial charge on any atom is 0.223 e. The van der Waals surface area contributed by atoms with Gasteiger partial charge >= 0.3 is 0 Å². The number of nitrogens with zero attached hydrogens (tertiary/aromatic N) is 2. The third kappa shape index (κ3) is 3.02. The van der Waals surface area contributed by atoms with E-state index in [1.54, 1.807) is 0 Å². The molecule has 3 nitrogen and oxygen atoms in total. The quantitative estimate of drug-likeness (QED) is 0.856. The molecule has 1 atom stereocenters. The van der Waals surface area contributed by atoms with Gasteiger partial charge in [0.2, 0.25) is 5.91 Å². The third-order valence-corrected chi connectivity index (χ3v) is 5.32. The standard InChI is InChI=1S/C18H25FN2O/c1-2-21-17(22)8-10-18(21)9-3-12-20(13-11-18)14-15-4-6-16(19)7-5-15/h4-7H,2-3,8-14H2,1H3/t18-/m1/s1. The van der Waals surface area contributed by atoms with Gasteiger partial charge in [0.1, 0.15) is 5.82 Å². The smallest absolute Gasteiger partial charge is 0.223 e. The highest BCUT2D eigenvalue weighted by molar-refractivity contribution is 5.79. The van der Waals surface area contributed by atoms with E-state index in [-0.39, 0.29) is 11.4 Å². The molecule has 2 aliphatic heterocycles. The van der Waals surface area contributed by atoms with E-state index in [0.29, 0.717) is 12.3 Å². The SMILES string of the molecule is CCN1C(=O)CC[C@@]12CCCN(Cc1ccc(F)cc1)CC2. The average Bonchev–Trinajstić information content (AvgIpc) is 2.69. The van der Waals surface area contributed by atoms with Crippen LogP contribution < -0.4 is 0 Å². The topological polar surface area (TPSA) is 23.6 Å². The molecule has 0 unspecified atom stereocenters. The number of likely N-dealkylation sites (tertiary alicyclic amines) is 2. The number of amides is 1. The molecule has 0 bridgehead atoms. The number of rotatable bonds is 3. The highest BCUT2D eigenvalue weighted by Gasteiger charge is 2.44. The highest BCUT2D eigenvalue weighted by atomic mass is 19.1. The molecule has 3 rings (SSSR count). The number of hydrogen-bond acceptors (Lipinski definition) is 2. The summed E-state index contributed by atoms with van der Waals surface area (Å²) in [6.45, 7) is 5.87. The van der Waals surface area contributed by atoms with Crippen LogP contribution in [0.2, 0.25) is 0 Å². The first-order chi connectivity index (χ1) is 10.6. The van der Waals surface area contributed by atoms with Crippen LogP contribution in [0.25, 0.3) is 0 Å². The van der Waals surface area contributed by atoms with Crippen molar-refractivity contribution in [1.82, 2.24) is 9.80 Å². The number of hydrogen-bond donors (Lipinski definition) is 0. The molecule has 0 aliphatic carbocycles. The number of halogens is 1. The van der Waals surface area contributed by atoms with E-state index in [9.17, 15) is 9.18 Å². The molecule has 1 aromatic carbocycles. The second-order valence-corrected chi connectivity index (χ2v) is 6.62. The van der Waals surface area contributed by atoms with Gasteiger partial charge in [0, 0.05) is 31.6 Å². The predicted molar refractivity (Wildman–Crippen MR) is 84.9 cm³/mol. The van der Waals surface area contributed by atoms with Crippen molar-refractivity contribution in [3.8, 4) is 0 Å². The second kappa shape index (κ2) is 6.37. The van der Waals surface area contributed by atoms with Crippen LogP contribution in [-0.2, 0) is 11.3 Å². The maximum atomic E-state index is 13.0. The van der Waals surface area contributed by atoms with Crippen LogP contribution >= 0.6 is 0 Å². The predicted octanol–water partition coefficient (Wildman–Crippen LogP) is 3.19. The zero-order chi connectivity index (χ0) is 15.6. The zero-order valence-corrected chi connectivity index (χ0v) is 13.4. The molecule has 1 amide bonds. The molecule has 0 N–H and O–H groups in total. The fraction of sp³-hybridized carbons (Fsp3) is 0.611. The molecule has 2 heterocycles. The monoisotopic (exact) mass is 304 g/mol. The van der Waals surface area contributed by atoms with Gasteiger partial charge in [-0.1, -0.05) is 12.1 Å². The summed E-state index contributed by atoms with van der Waals surface area (Å²) in [4.78, 5) is 16.6. The highest BCUT2D eigenvalue weighted by Crippen LogP contribution is 2.39. The lowest BCUT2D eigenvalue weighted by molar-refractivity contribution is -0.131. The van der Waals surface area contributed by atoms with Crippen LogP contribution in [-0.4, -0.2) is 40.9 Å². The zero-order valence-electron chi connectivity index (χ0n) is 13.4. The summed E-state index contributed by atoms with van der Waals surface area (Å²) in [5.41, 5.74) is 1.26. The molecule has 1 aromatic rings. The summed E-state index contributed by atoms with van der Waals surface area (Å²) in [6.07, 6.45) is 5.04. The van der Waals surface area contributed by atoms with E-state index in [0.717, 1.165) is 57.4 Å². The average molecular weight is 304 g/mol. The molecular formula is C18H25FN2O. The first kappa shape index (κ1) is 15.5. The Kier molecular flexibility index (Phi) is 4.48. The van der Waals surface area contributed by atoms with E-state index in [1.807, 2.05) is 12.1 Å². The Morgan fingerprint density at radius 1 is 1.14 bits per heavy atom. The number of carbonyl (C=O) groups is 1. The van der Waals surface area contributed by atoms with Crippen molar-refractivity contribution in [2.45, 2.75) is 51.1 Å². The number of carbonyl (C=O) groups excluding carboxylic acids is 1. The van der Waals surface area contributed by atoms with Crippen molar-refractivity contribution in [3.63, 3.8) is 0 Å². The molecule has 0 aromatic heterocycles. The summed E-state index contributed by atoms with van der Waals surface area (Å²) in [7, 11) is 0. The van der Waals surface area contributed by atoms with Crippen molar-refractivity contribution in [1.29, 1.82) is 0 Å². The van der Waals surface area contributed by atoms with Crippen molar-refractivity contribution in [3.05, 3.63) is 35.6 Å². The second-order valence-electron chi connectivity index (χ2n) is 6.62. The van der Waals surface area contributed by atoms with Crippen molar-refractivity contribution < 1.29 is 9.18 Å². The lowest BCUT2D eigenvalue weighted by atomic mass is 9.88.